The van der Waals surface area contributed by atoms with Gasteiger partial charge in [0.2, 0.25) is 5.82 Å². The molecule has 0 aliphatic rings. The molecule has 0 aliphatic heterocycles. The normalized spacial score (nSPS) is 11.1. The van der Waals surface area contributed by atoms with E-state index in [1.807, 2.05) is 42.7 Å². The van der Waals surface area contributed by atoms with Crippen LogP contribution in [0.4, 0.5) is 0 Å². The summed E-state index contributed by atoms with van der Waals surface area (Å²) in [5.41, 5.74) is 1.79. The second-order valence-corrected chi connectivity index (χ2v) is 8.46. The molecule has 2 aromatic heterocycles. The molecule has 0 atom stereocenters. The minimum Gasteiger partial charge on any atom is -0.497 e. The van der Waals surface area contributed by atoms with E-state index in [0.717, 1.165) is 16.0 Å². The molecule has 0 fully saturated rings. The number of aromatic amines is 1. The van der Waals surface area contributed by atoms with Crippen molar-refractivity contribution in [3.8, 4) is 28.6 Å². The van der Waals surface area contributed by atoms with E-state index in [0.29, 0.717) is 33.9 Å². The molecule has 1 N–H and O–H groups in total. The highest BCUT2D eigenvalue weighted by atomic mass is 32.2. The average molecular weight is 473 g/mol. The van der Waals surface area contributed by atoms with Crippen LogP contribution in [-0.2, 0) is 6.54 Å². The molecule has 8 nitrogen and oxygen atoms in total. The molecule has 2 heterocycles. The number of nitrogens with one attached hydrogen (secondary N) is 1. The van der Waals surface area contributed by atoms with Crippen molar-refractivity contribution in [2.75, 3.05) is 13.4 Å². The van der Waals surface area contributed by atoms with E-state index >= 15 is 0 Å². The second-order valence-electron chi connectivity index (χ2n) is 7.58. The standard InChI is InChI=1S/C25H20N4O4S/c1-32-18-8-3-15(4-9-18)14-29-24(30)20-12-7-17(13-21(20)26-25(29)31)23-27-22(28-33-23)16-5-10-19(34-2)11-6-16/h3-13H,14H2,1-2H3,(H,26,31). The monoisotopic (exact) mass is 472 g/mol. The van der Waals surface area contributed by atoms with Crippen molar-refractivity contribution >= 4 is 22.7 Å². The first-order valence-corrected chi connectivity index (χ1v) is 11.7. The van der Waals surface area contributed by atoms with Gasteiger partial charge in [-0.05, 0) is 66.4 Å². The Balaban J connectivity index is 1.47. The lowest BCUT2D eigenvalue weighted by Crippen LogP contribution is -2.35. The van der Waals surface area contributed by atoms with Crippen molar-refractivity contribution in [3.63, 3.8) is 0 Å². The molecule has 0 amide bonds. The quantitative estimate of drug-likeness (QED) is 0.370. The molecule has 0 saturated heterocycles. The van der Waals surface area contributed by atoms with Crippen LogP contribution in [0.5, 0.6) is 5.75 Å². The van der Waals surface area contributed by atoms with E-state index in [9.17, 15) is 9.59 Å². The van der Waals surface area contributed by atoms with Crippen LogP contribution in [0.15, 0.2) is 85.7 Å². The number of aromatic nitrogens is 4. The number of ether oxygens (including phenoxy) is 1. The number of H-pyrrole nitrogens is 1. The fourth-order valence-corrected chi connectivity index (χ4v) is 4.05. The van der Waals surface area contributed by atoms with Gasteiger partial charge in [0.25, 0.3) is 11.4 Å². The Labute approximate surface area is 198 Å². The van der Waals surface area contributed by atoms with E-state index in [1.54, 1.807) is 49.2 Å². The minimum absolute atomic E-state index is 0.151. The van der Waals surface area contributed by atoms with E-state index < -0.39 is 5.69 Å². The highest BCUT2D eigenvalue weighted by Crippen LogP contribution is 2.25. The van der Waals surface area contributed by atoms with Crippen molar-refractivity contribution in [2.24, 2.45) is 0 Å². The molecule has 170 valence electrons. The minimum atomic E-state index is -0.495. The lowest BCUT2D eigenvalue weighted by atomic mass is 10.1. The molecule has 0 bridgehead atoms. The number of hydrogen-bond donors (Lipinski definition) is 1. The van der Waals surface area contributed by atoms with Crippen LogP contribution >= 0.6 is 11.8 Å². The maximum absolute atomic E-state index is 13.0. The molecule has 0 aliphatic carbocycles. The highest BCUT2D eigenvalue weighted by molar-refractivity contribution is 7.98. The predicted molar refractivity (Wildman–Crippen MR) is 131 cm³/mol. The molecule has 5 rings (SSSR count). The van der Waals surface area contributed by atoms with Gasteiger partial charge in [0, 0.05) is 16.0 Å². The van der Waals surface area contributed by atoms with Gasteiger partial charge in [0.1, 0.15) is 5.75 Å². The van der Waals surface area contributed by atoms with E-state index in [4.69, 9.17) is 9.26 Å². The summed E-state index contributed by atoms with van der Waals surface area (Å²) in [6.45, 7) is 0.151. The van der Waals surface area contributed by atoms with Crippen molar-refractivity contribution in [1.29, 1.82) is 0 Å². The summed E-state index contributed by atoms with van der Waals surface area (Å²) in [6.07, 6.45) is 2.01. The summed E-state index contributed by atoms with van der Waals surface area (Å²) >= 11 is 1.66. The third-order valence-corrected chi connectivity index (χ3v) is 6.25. The van der Waals surface area contributed by atoms with Crippen LogP contribution in [0.2, 0.25) is 0 Å². The van der Waals surface area contributed by atoms with Gasteiger partial charge in [-0.3, -0.25) is 9.36 Å². The van der Waals surface area contributed by atoms with Gasteiger partial charge in [0.15, 0.2) is 0 Å². The number of rotatable bonds is 6. The molecule has 5 aromatic rings. The lowest BCUT2D eigenvalue weighted by Gasteiger charge is -2.08. The number of hydrogen-bond acceptors (Lipinski definition) is 7. The van der Waals surface area contributed by atoms with E-state index in [1.165, 1.54) is 4.57 Å². The predicted octanol–water partition coefficient (Wildman–Crippen LogP) is 4.19. The number of fused-ring (bicyclic) bond motifs is 1. The van der Waals surface area contributed by atoms with E-state index in [-0.39, 0.29) is 12.1 Å². The third-order valence-electron chi connectivity index (χ3n) is 5.50. The lowest BCUT2D eigenvalue weighted by molar-refractivity contribution is 0.414. The summed E-state index contributed by atoms with van der Waals surface area (Å²) in [5, 5.41) is 4.46. The SMILES string of the molecule is COc1ccc(Cn2c(=O)[nH]c3cc(-c4nc(-c5ccc(SC)cc5)no4)ccc3c2=O)cc1. The van der Waals surface area contributed by atoms with Crippen LogP contribution in [-0.4, -0.2) is 33.1 Å². The van der Waals surface area contributed by atoms with Gasteiger partial charge in [0.05, 0.1) is 24.6 Å². The van der Waals surface area contributed by atoms with Crippen LogP contribution in [0.1, 0.15) is 5.56 Å². The second kappa shape index (κ2) is 9.03. The summed E-state index contributed by atoms with van der Waals surface area (Å²) in [4.78, 5) is 34.1. The smallest absolute Gasteiger partial charge is 0.329 e. The Morgan fingerprint density at radius 2 is 1.74 bits per heavy atom. The molecule has 34 heavy (non-hydrogen) atoms. The highest BCUT2D eigenvalue weighted by Gasteiger charge is 2.14. The van der Waals surface area contributed by atoms with Crippen molar-refractivity contribution in [1.82, 2.24) is 19.7 Å². The molecule has 9 heteroatoms. The topological polar surface area (TPSA) is 103 Å². The largest absolute Gasteiger partial charge is 0.497 e. The first kappa shape index (κ1) is 21.7. The zero-order valence-corrected chi connectivity index (χ0v) is 19.3. The van der Waals surface area contributed by atoms with Crippen LogP contribution in [0.25, 0.3) is 33.7 Å². The van der Waals surface area contributed by atoms with Gasteiger partial charge in [-0.2, -0.15) is 4.98 Å². The van der Waals surface area contributed by atoms with Crippen LogP contribution in [0, 0.1) is 0 Å². The van der Waals surface area contributed by atoms with Gasteiger partial charge in [-0.15, -0.1) is 11.8 Å². The fraction of sp³-hybridized carbons (Fsp3) is 0.120. The Hall–Kier alpha value is -4.11. The van der Waals surface area contributed by atoms with Crippen LogP contribution in [0.3, 0.4) is 0 Å². The first-order chi connectivity index (χ1) is 16.6. The number of nitrogens with zero attached hydrogens (tertiary/aromatic N) is 3. The molecular formula is C25H20N4O4S. The third kappa shape index (κ3) is 4.13. The number of benzene rings is 3. The van der Waals surface area contributed by atoms with Crippen molar-refractivity contribution in [2.45, 2.75) is 11.4 Å². The molecule has 0 saturated carbocycles. The van der Waals surface area contributed by atoms with Crippen molar-refractivity contribution < 1.29 is 9.26 Å². The molecule has 3 aromatic carbocycles. The van der Waals surface area contributed by atoms with Gasteiger partial charge in [-0.25, -0.2) is 4.79 Å². The fourth-order valence-electron chi connectivity index (χ4n) is 3.64. The summed E-state index contributed by atoms with van der Waals surface area (Å²) < 4.78 is 11.8. The Morgan fingerprint density at radius 1 is 1.00 bits per heavy atom. The van der Waals surface area contributed by atoms with Gasteiger partial charge < -0.3 is 14.2 Å². The zero-order chi connectivity index (χ0) is 23.7. The zero-order valence-electron chi connectivity index (χ0n) is 18.4. The number of thioether (sulfide) groups is 1. The van der Waals surface area contributed by atoms with E-state index in [2.05, 4.69) is 15.1 Å². The molecule has 0 radical (unpaired) electrons. The Bertz CT molecular complexity index is 1590. The number of methoxy groups -OCH3 is 1. The molecular weight excluding hydrogens is 452 g/mol. The van der Waals surface area contributed by atoms with Crippen LogP contribution < -0.4 is 16.0 Å². The van der Waals surface area contributed by atoms with Crippen molar-refractivity contribution in [3.05, 3.63) is 93.1 Å². The summed E-state index contributed by atoms with van der Waals surface area (Å²) in [7, 11) is 1.58. The summed E-state index contributed by atoms with van der Waals surface area (Å²) in [6, 6.07) is 20.1. The average Bonchev–Trinajstić information content (AvgIpc) is 3.37. The molecule has 0 unspecified atom stereocenters. The van der Waals surface area contributed by atoms with Gasteiger partial charge in [-0.1, -0.05) is 17.3 Å². The first-order valence-electron chi connectivity index (χ1n) is 10.4. The summed E-state index contributed by atoms with van der Waals surface area (Å²) in [5.74, 6) is 1.47. The molecule has 0 spiro atoms. The Kier molecular flexibility index (Phi) is 5.77. The van der Waals surface area contributed by atoms with Gasteiger partial charge >= 0.3 is 5.69 Å². The maximum atomic E-state index is 13.0. The Morgan fingerprint density at radius 3 is 2.44 bits per heavy atom. The maximum Gasteiger partial charge on any atom is 0.329 e.